The van der Waals surface area contributed by atoms with Gasteiger partial charge in [-0.25, -0.2) is 9.59 Å². The smallest absolute Gasteiger partial charge is 0.329 e. The number of nitrogens with one attached hydrogen (secondary N) is 1. The number of methoxy groups -OCH3 is 1. The van der Waals surface area contributed by atoms with E-state index < -0.39 is 41.9 Å². The van der Waals surface area contributed by atoms with E-state index in [1.807, 2.05) is 48.5 Å². The SMILES string of the molecule is COC(=O)C1Cc2ccccc2N1C(=O)CN1C(=O)NC(C)(c2ccc3ccccc3c2)C1=O. The highest BCUT2D eigenvalue weighted by Crippen LogP contribution is 2.34. The molecule has 3 aromatic carbocycles. The second kappa shape index (κ2) is 7.98. The molecule has 0 aliphatic carbocycles. The zero-order valence-corrected chi connectivity index (χ0v) is 18.8. The molecule has 0 bridgehead atoms. The van der Waals surface area contributed by atoms with Crippen LogP contribution < -0.4 is 10.2 Å². The fraction of sp³-hybridized carbons (Fsp3) is 0.231. The molecule has 1 N–H and O–H groups in total. The molecule has 1 saturated heterocycles. The number of amides is 4. The van der Waals surface area contributed by atoms with Gasteiger partial charge in [0.15, 0.2) is 0 Å². The monoisotopic (exact) mass is 457 g/mol. The Morgan fingerprint density at radius 2 is 1.74 bits per heavy atom. The number of ether oxygens (including phenoxy) is 1. The van der Waals surface area contributed by atoms with Crippen molar-refractivity contribution in [1.82, 2.24) is 10.2 Å². The van der Waals surface area contributed by atoms with Crippen LogP contribution in [0.4, 0.5) is 10.5 Å². The fourth-order valence-electron chi connectivity index (χ4n) is 4.77. The molecule has 0 saturated carbocycles. The molecular formula is C26H23N3O5. The van der Waals surface area contributed by atoms with E-state index in [1.54, 1.807) is 25.1 Å². The lowest BCUT2D eigenvalue weighted by Gasteiger charge is -2.26. The van der Waals surface area contributed by atoms with Gasteiger partial charge in [-0.1, -0.05) is 54.6 Å². The summed E-state index contributed by atoms with van der Waals surface area (Å²) >= 11 is 0. The minimum atomic E-state index is -1.31. The predicted octanol–water partition coefficient (Wildman–Crippen LogP) is 2.74. The first-order valence-electron chi connectivity index (χ1n) is 10.9. The van der Waals surface area contributed by atoms with Gasteiger partial charge in [-0.05, 0) is 41.0 Å². The van der Waals surface area contributed by atoms with Crippen molar-refractivity contribution in [2.24, 2.45) is 0 Å². The summed E-state index contributed by atoms with van der Waals surface area (Å²) in [5, 5.41) is 4.70. The van der Waals surface area contributed by atoms with Gasteiger partial charge < -0.3 is 10.1 Å². The number of imide groups is 1. The van der Waals surface area contributed by atoms with Gasteiger partial charge in [-0.15, -0.1) is 0 Å². The van der Waals surface area contributed by atoms with Gasteiger partial charge in [0.25, 0.3) is 5.91 Å². The van der Waals surface area contributed by atoms with Crippen molar-refractivity contribution >= 4 is 40.3 Å². The molecule has 2 heterocycles. The van der Waals surface area contributed by atoms with Gasteiger partial charge in [0.2, 0.25) is 5.91 Å². The van der Waals surface area contributed by atoms with Crippen LogP contribution in [-0.2, 0) is 31.1 Å². The number of hydrogen-bond donors (Lipinski definition) is 1. The number of nitrogens with zero attached hydrogens (tertiary/aromatic N) is 2. The summed E-state index contributed by atoms with van der Waals surface area (Å²) in [7, 11) is 1.26. The lowest BCUT2D eigenvalue weighted by Crippen LogP contribution is -2.49. The van der Waals surface area contributed by atoms with E-state index in [-0.39, 0.29) is 0 Å². The molecule has 34 heavy (non-hydrogen) atoms. The lowest BCUT2D eigenvalue weighted by atomic mass is 9.90. The van der Waals surface area contributed by atoms with E-state index in [1.165, 1.54) is 12.0 Å². The number of rotatable bonds is 4. The van der Waals surface area contributed by atoms with Crippen LogP contribution in [0, 0.1) is 0 Å². The number of anilines is 1. The molecule has 2 aliphatic heterocycles. The van der Waals surface area contributed by atoms with Crippen molar-refractivity contribution in [3.63, 3.8) is 0 Å². The Bertz CT molecular complexity index is 1350. The maximum Gasteiger partial charge on any atom is 0.329 e. The Labute approximate surface area is 196 Å². The van der Waals surface area contributed by atoms with E-state index >= 15 is 0 Å². The molecule has 0 spiro atoms. The molecule has 1 fully saturated rings. The average molecular weight is 457 g/mol. The van der Waals surface area contributed by atoms with Crippen molar-refractivity contribution in [2.75, 3.05) is 18.6 Å². The Kier molecular flexibility index (Phi) is 5.08. The molecule has 172 valence electrons. The maximum absolute atomic E-state index is 13.4. The van der Waals surface area contributed by atoms with Crippen LogP contribution in [0.15, 0.2) is 66.7 Å². The molecule has 4 amide bonds. The number of esters is 1. The number of carbonyl (C=O) groups is 4. The van der Waals surface area contributed by atoms with Crippen LogP contribution in [0.5, 0.6) is 0 Å². The van der Waals surface area contributed by atoms with Crippen LogP contribution >= 0.6 is 0 Å². The topological polar surface area (TPSA) is 96.0 Å². The zero-order chi connectivity index (χ0) is 24.0. The predicted molar refractivity (Wildman–Crippen MR) is 125 cm³/mol. The average Bonchev–Trinajstić information content (AvgIpc) is 3.34. The Morgan fingerprint density at radius 3 is 2.50 bits per heavy atom. The summed E-state index contributed by atoms with van der Waals surface area (Å²) in [6.45, 7) is 1.14. The molecule has 0 radical (unpaired) electrons. The van der Waals surface area contributed by atoms with Crippen molar-refractivity contribution < 1.29 is 23.9 Å². The van der Waals surface area contributed by atoms with Gasteiger partial charge in [-0.2, -0.15) is 0 Å². The van der Waals surface area contributed by atoms with Crippen LogP contribution in [0.1, 0.15) is 18.1 Å². The molecular weight excluding hydrogens is 434 g/mol. The van der Waals surface area contributed by atoms with Gasteiger partial charge in [0.1, 0.15) is 18.1 Å². The van der Waals surface area contributed by atoms with E-state index in [4.69, 9.17) is 4.74 Å². The van der Waals surface area contributed by atoms with Gasteiger partial charge >= 0.3 is 12.0 Å². The number of para-hydroxylation sites is 1. The van der Waals surface area contributed by atoms with E-state index in [0.29, 0.717) is 17.7 Å². The van der Waals surface area contributed by atoms with Crippen molar-refractivity contribution in [2.45, 2.75) is 24.9 Å². The van der Waals surface area contributed by atoms with E-state index in [9.17, 15) is 19.2 Å². The molecule has 2 unspecified atom stereocenters. The standard InChI is InChI=1S/C26H23N3O5/c1-26(19-12-11-16-7-3-4-8-17(16)13-19)24(32)28(25(33)27-26)15-22(30)29-20-10-6-5-9-18(20)14-21(29)23(31)34-2/h3-13,21H,14-15H2,1-2H3,(H,27,33). The van der Waals surface area contributed by atoms with Gasteiger partial charge in [0, 0.05) is 12.1 Å². The van der Waals surface area contributed by atoms with Crippen molar-refractivity contribution in [3.05, 3.63) is 77.9 Å². The highest BCUT2D eigenvalue weighted by Gasteiger charge is 2.50. The third-order valence-electron chi connectivity index (χ3n) is 6.61. The largest absolute Gasteiger partial charge is 0.467 e. The Morgan fingerprint density at radius 1 is 1.03 bits per heavy atom. The fourth-order valence-corrected chi connectivity index (χ4v) is 4.77. The molecule has 3 aromatic rings. The van der Waals surface area contributed by atoms with E-state index in [0.717, 1.165) is 21.2 Å². The Hall–Kier alpha value is -4.20. The van der Waals surface area contributed by atoms with Crippen LogP contribution in [-0.4, -0.2) is 48.4 Å². The van der Waals surface area contributed by atoms with Crippen LogP contribution in [0.3, 0.4) is 0 Å². The first-order chi connectivity index (χ1) is 16.3. The first kappa shape index (κ1) is 21.6. The number of benzene rings is 3. The van der Waals surface area contributed by atoms with Crippen molar-refractivity contribution in [3.8, 4) is 0 Å². The minimum Gasteiger partial charge on any atom is -0.467 e. The summed E-state index contributed by atoms with van der Waals surface area (Å²) in [5.74, 6) is -1.61. The second-order valence-corrected chi connectivity index (χ2v) is 8.64. The zero-order valence-electron chi connectivity index (χ0n) is 18.8. The Balaban J connectivity index is 1.43. The van der Waals surface area contributed by atoms with Crippen LogP contribution in [0.2, 0.25) is 0 Å². The number of hydrogen-bond acceptors (Lipinski definition) is 5. The quantitative estimate of drug-likeness (QED) is 0.480. The highest BCUT2D eigenvalue weighted by molar-refractivity contribution is 6.12. The third-order valence-corrected chi connectivity index (χ3v) is 6.61. The third kappa shape index (κ3) is 3.30. The second-order valence-electron chi connectivity index (χ2n) is 8.64. The molecule has 2 atom stereocenters. The molecule has 2 aliphatic rings. The number of carbonyl (C=O) groups excluding carboxylic acids is 4. The molecule has 0 aromatic heterocycles. The molecule has 5 rings (SSSR count). The van der Waals surface area contributed by atoms with Gasteiger partial charge in [-0.3, -0.25) is 19.4 Å². The van der Waals surface area contributed by atoms with Crippen LogP contribution in [0.25, 0.3) is 10.8 Å². The summed E-state index contributed by atoms with van der Waals surface area (Å²) in [5.41, 5.74) is 0.710. The molecule has 8 nitrogen and oxygen atoms in total. The summed E-state index contributed by atoms with van der Waals surface area (Å²) in [6, 6.07) is 19.0. The number of fused-ring (bicyclic) bond motifs is 2. The number of urea groups is 1. The maximum atomic E-state index is 13.4. The van der Waals surface area contributed by atoms with E-state index in [2.05, 4.69) is 5.32 Å². The highest BCUT2D eigenvalue weighted by atomic mass is 16.5. The summed E-state index contributed by atoms with van der Waals surface area (Å²) < 4.78 is 4.89. The normalized spacial score (nSPS) is 21.5. The van der Waals surface area contributed by atoms with Gasteiger partial charge in [0.05, 0.1) is 7.11 Å². The molecule has 8 heteroatoms. The van der Waals surface area contributed by atoms with Crippen molar-refractivity contribution in [1.29, 1.82) is 0 Å². The minimum absolute atomic E-state index is 0.309. The summed E-state index contributed by atoms with van der Waals surface area (Å²) in [6.07, 6.45) is 0.309. The lowest BCUT2D eigenvalue weighted by molar-refractivity contribution is -0.143. The summed E-state index contributed by atoms with van der Waals surface area (Å²) in [4.78, 5) is 54.2. The first-order valence-corrected chi connectivity index (χ1v) is 10.9.